The Morgan fingerprint density at radius 3 is 2.43 bits per heavy atom. The molecule has 2 aliphatic heterocycles. The number of anilines is 3. The predicted octanol–water partition coefficient (Wildman–Crippen LogP) is 4.92. The van der Waals surface area contributed by atoms with Crippen LogP contribution in [0.5, 0.6) is 5.75 Å². The molecular formula is C48H62ClFN10O8S2. The van der Waals surface area contributed by atoms with Gasteiger partial charge in [0.05, 0.1) is 67.6 Å². The van der Waals surface area contributed by atoms with E-state index in [2.05, 4.69) is 41.1 Å². The van der Waals surface area contributed by atoms with Crippen LogP contribution in [0.25, 0.3) is 10.4 Å². The van der Waals surface area contributed by atoms with Gasteiger partial charge in [-0.25, -0.2) is 14.4 Å². The van der Waals surface area contributed by atoms with E-state index < -0.39 is 46.3 Å². The number of aryl methyl sites for hydroxylation is 1. The second kappa shape index (κ2) is 23.8. The Morgan fingerprint density at radius 2 is 1.76 bits per heavy atom. The lowest BCUT2D eigenvalue weighted by molar-refractivity contribution is -0.143. The molecule has 4 heterocycles. The number of methoxy groups -OCH3 is 1. The van der Waals surface area contributed by atoms with Crippen molar-refractivity contribution in [1.82, 2.24) is 40.3 Å². The van der Waals surface area contributed by atoms with Crippen molar-refractivity contribution < 1.29 is 42.9 Å². The lowest BCUT2D eigenvalue weighted by Gasteiger charge is -2.37. The highest BCUT2D eigenvalue weighted by Gasteiger charge is 2.54. The maximum atomic E-state index is 15.0. The highest BCUT2D eigenvalue weighted by Crippen LogP contribution is 2.41. The maximum Gasteiger partial charge on any atom is 0.258 e. The molecule has 7 rings (SSSR count). The Labute approximate surface area is 420 Å². The Balaban J connectivity index is 0.813. The summed E-state index contributed by atoms with van der Waals surface area (Å²) >= 11 is 9.06. The molecule has 0 radical (unpaired) electrons. The predicted molar refractivity (Wildman–Crippen MR) is 269 cm³/mol. The van der Waals surface area contributed by atoms with Gasteiger partial charge in [0.2, 0.25) is 17.8 Å². The number of aliphatic hydroxyl groups excluding tert-OH is 1. The van der Waals surface area contributed by atoms with Crippen LogP contribution in [-0.4, -0.2) is 173 Å². The van der Waals surface area contributed by atoms with Crippen molar-refractivity contribution in [2.75, 3.05) is 96.2 Å². The molecule has 4 amide bonds. The van der Waals surface area contributed by atoms with Crippen molar-refractivity contribution in [2.45, 2.75) is 75.2 Å². The number of nitrogens with zero attached hydrogens (tertiary/aromatic N) is 6. The van der Waals surface area contributed by atoms with Crippen LogP contribution in [0.15, 0.2) is 54.2 Å². The van der Waals surface area contributed by atoms with Crippen LogP contribution in [0.2, 0.25) is 5.02 Å². The van der Waals surface area contributed by atoms with Crippen molar-refractivity contribution in [3.05, 3.63) is 76.0 Å². The van der Waals surface area contributed by atoms with E-state index in [4.69, 9.17) is 25.8 Å². The first-order valence-electron chi connectivity index (χ1n) is 23.3. The number of amides is 4. The third-order valence-corrected chi connectivity index (χ3v) is 15.2. The molecular weight excluding hydrogens is 963 g/mol. The second-order valence-corrected chi connectivity index (χ2v) is 21.0. The van der Waals surface area contributed by atoms with Crippen molar-refractivity contribution >= 4 is 75.8 Å². The van der Waals surface area contributed by atoms with E-state index >= 15 is 4.39 Å². The SMILES string of the molecule is CNc1nc(Nc2ccc(C(=O)N3CCN(CCOCCOCCSC(C)(C)[C@H](NC(=O)C4(F)CC4)C(=O)N4C[C@H](O)C[C@H]4C(=O)NCc4ccc(-c5scnc5C)cc4)CC3)cc2OC)ncc1Cl. The van der Waals surface area contributed by atoms with Crippen molar-refractivity contribution in [3.8, 4) is 16.2 Å². The molecule has 18 nitrogen and oxygen atoms in total. The number of alkyl halides is 1. The molecule has 0 spiro atoms. The molecule has 0 bridgehead atoms. The number of rotatable bonds is 23. The number of piperazine rings is 1. The van der Waals surface area contributed by atoms with Crippen LogP contribution in [0.3, 0.4) is 0 Å². The van der Waals surface area contributed by atoms with E-state index in [1.807, 2.05) is 36.1 Å². The first-order valence-corrected chi connectivity index (χ1v) is 25.6. The number of aliphatic hydroxyl groups is 1. The van der Waals surface area contributed by atoms with Crippen molar-refractivity contribution in [2.24, 2.45) is 0 Å². The number of β-amino-alcohol motifs (C(OH)–C–C–N with tert-alkyl or cyclic N) is 1. The number of thiazole rings is 1. The molecule has 5 N–H and O–H groups in total. The molecule has 3 atom stereocenters. The Morgan fingerprint density at radius 1 is 1.03 bits per heavy atom. The maximum absolute atomic E-state index is 15.0. The zero-order valence-corrected chi connectivity index (χ0v) is 42.5. The normalized spacial score (nSPS) is 18.3. The fourth-order valence-corrected chi connectivity index (χ4v) is 10.3. The lowest BCUT2D eigenvalue weighted by Crippen LogP contribution is -2.61. The van der Waals surface area contributed by atoms with Gasteiger partial charge in [0.1, 0.15) is 28.7 Å². The van der Waals surface area contributed by atoms with E-state index in [0.717, 1.165) is 21.7 Å². The minimum absolute atomic E-state index is 0.0317. The summed E-state index contributed by atoms with van der Waals surface area (Å²) in [7, 11) is 3.25. The number of hydrogen-bond acceptors (Lipinski definition) is 16. The third kappa shape index (κ3) is 13.4. The van der Waals surface area contributed by atoms with Gasteiger partial charge in [0, 0.05) is 75.3 Å². The zero-order valence-electron chi connectivity index (χ0n) is 40.1. The van der Waals surface area contributed by atoms with Gasteiger partial charge >= 0.3 is 0 Å². The summed E-state index contributed by atoms with van der Waals surface area (Å²) in [5.41, 5.74) is 3.71. The summed E-state index contributed by atoms with van der Waals surface area (Å²) in [6, 6.07) is 10.8. The lowest BCUT2D eigenvalue weighted by atomic mass is 10.00. The number of carbonyl (C=O) groups is 4. The fourth-order valence-electron chi connectivity index (χ4n) is 8.23. The average molecular weight is 1030 g/mol. The first kappa shape index (κ1) is 52.7. The molecule has 0 unspecified atom stereocenters. The fraction of sp³-hybridized carbons (Fsp3) is 0.521. The number of benzene rings is 2. The van der Waals surface area contributed by atoms with Gasteiger partial charge in [-0.1, -0.05) is 35.9 Å². The molecule has 70 heavy (non-hydrogen) atoms. The van der Waals surface area contributed by atoms with Crippen LogP contribution in [-0.2, 0) is 30.4 Å². The number of likely N-dealkylation sites (tertiary alicyclic amines) is 1. The van der Waals surface area contributed by atoms with E-state index in [-0.39, 0.29) is 38.3 Å². The quantitative estimate of drug-likeness (QED) is 0.0624. The molecule has 2 aromatic carbocycles. The van der Waals surface area contributed by atoms with E-state index in [1.54, 1.807) is 55.9 Å². The van der Waals surface area contributed by atoms with Crippen molar-refractivity contribution in [3.63, 3.8) is 0 Å². The third-order valence-electron chi connectivity index (χ3n) is 12.6. The van der Waals surface area contributed by atoms with E-state index in [1.165, 1.54) is 30.0 Å². The summed E-state index contributed by atoms with van der Waals surface area (Å²) in [6.45, 7) is 10.4. The molecule has 2 aromatic heterocycles. The zero-order chi connectivity index (χ0) is 50.0. The molecule has 1 aliphatic carbocycles. The minimum Gasteiger partial charge on any atom is -0.495 e. The summed E-state index contributed by atoms with van der Waals surface area (Å²) in [5, 5.41) is 22.7. The van der Waals surface area contributed by atoms with Crippen LogP contribution in [0.4, 0.5) is 21.8 Å². The number of thioether (sulfide) groups is 1. The number of nitrogens with one attached hydrogen (secondary N) is 4. The van der Waals surface area contributed by atoms with E-state index in [9.17, 15) is 24.3 Å². The van der Waals surface area contributed by atoms with Gasteiger partial charge < -0.3 is 50.4 Å². The molecule has 3 aliphatic rings. The minimum atomic E-state index is -2.03. The van der Waals surface area contributed by atoms with Gasteiger partial charge in [-0.05, 0) is 62.9 Å². The van der Waals surface area contributed by atoms with Crippen LogP contribution in [0, 0.1) is 6.92 Å². The summed E-state index contributed by atoms with van der Waals surface area (Å²) in [5.74, 6) is -0.207. The first-order chi connectivity index (χ1) is 33.6. The van der Waals surface area contributed by atoms with Crippen LogP contribution < -0.4 is 26.0 Å². The molecule has 22 heteroatoms. The average Bonchev–Trinajstić information content (AvgIpc) is 3.77. The van der Waals surface area contributed by atoms with Crippen molar-refractivity contribution in [1.29, 1.82) is 0 Å². The molecule has 1 saturated carbocycles. The molecule has 4 aromatic rings. The van der Waals surface area contributed by atoms with Crippen LogP contribution >= 0.6 is 34.7 Å². The standard InChI is InChI=1S/C48H62ClFN10O8S2/c1-30-39(69-29-54-30)32-8-6-31(7-9-32)26-52-42(62)37-25-34(61)28-60(37)44(64)40(56-45(65)48(50)12-13-48)47(2,3)70-23-22-68-21-20-67-19-18-58-14-16-59(17-15-58)43(63)33-10-11-36(38(24-33)66-5)55-46-53-27-35(49)41(51-4)57-46/h6-11,24,27,29,34,37,40,61H,12-23,25-26,28H2,1-5H3,(H,52,62)(H,56,65)(H2,51,53,55,57)/t34-,37+,40-/m1/s1. The highest BCUT2D eigenvalue weighted by atomic mass is 35.5. The number of halogens is 2. The van der Waals surface area contributed by atoms with Gasteiger partial charge in [0.15, 0.2) is 5.67 Å². The van der Waals surface area contributed by atoms with Gasteiger partial charge in [-0.15, -0.1) is 11.3 Å². The van der Waals surface area contributed by atoms with Gasteiger partial charge in [-0.3, -0.25) is 24.1 Å². The topological polar surface area (TPSA) is 213 Å². The molecule has 3 fully saturated rings. The second-order valence-electron chi connectivity index (χ2n) is 17.9. The summed E-state index contributed by atoms with van der Waals surface area (Å²) in [6.07, 6.45) is 0.729. The van der Waals surface area contributed by atoms with Crippen LogP contribution in [0.1, 0.15) is 54.7 Å². The Hall–Kier alpha value is -5.16. The summed E-state index contributed by atoms with van der Waals surface area (Å²) < 4.78 is 31.4. The largest absolute Gasteiger partial charge is 0.495 e. The molecule has 2 saturated heterocycles. The summed E-state index contributed by atoms with van der Waals surface area (Å²) in [4.78, 5) is 73.8. The Kier molecular flexibility index (Phi) is 17.9. The number of hydrogen-bond donors (Lipinski definition) is 5. The highest BCUT2D eigenvalue weighted by molar-refractivity contribution is 8.00. The smallest absolute Gasteiger partial charge is 0.258 e. The van der Waals surface area contributed by atoms with Gasteiger partial charge in [0.25, 0.3) is 11.8 Å². The monoisotopic (exact) mass is 1020 g/mol. The van der Waals surface area contributed by atoms with Gasteiger partial charge in [-0.2, -0.15) is 16.7 Å². The number of aromatic nitrogens is 3. The van der Waals surface area contributed by atoms with E-state index in [0.29, 0.717) is 98.7 Å². The molecule has 378 valence electrons. The Bertz CT molecular complexity index is 2460. The number of carbonyl (C=O) groups excluding carboxylic acids is 4. The number of ether oxygens (including phenoxy) is 3.